The van der Waals surface area contributed by atoms with Crippen molar-refractivity contribution < 1.29 is 9.53 Å². The Kier molecular flexibility index (Phi) is 5.59. The van der Waals surface area contributed by atoms with Crippen molar-refractivity contribution in [2.24, 2.45) is 0 Å². The lowest BCUT2D eigenvalue weighted by molar-refractivity contribution is 0.0926. The van der Waals surface area contributed by atoms with Crippen LogP contribution in [0.3, 0.4) is 0 Å². The summed E-state index contributed by atoms with van der Waals surface area (Å²) in [6, 6.07) is 17.2. The van der Waals surface area contributed by atoms with Crippen LogP contribution in [-0.2, 0) is 0 Å². The normalized spacial score (nSPS) is 12.0. The number of hydrogen-bond acceptors (Lipinski definition) is 2. The van der Waals surface area contributed by atoms with Crippen LogP contribution >= 0.6 is 0 Å². The highest BCUT2D eigenvalue weighted by Gasteiger charge is 2.10. The number of benzene rings is 2. The fraction of sp³-hybridized carbons (Fsp3) is 0.316. The van der Waals surface area contributed by atoms with Gasteiger partial charge in [0.25, 0.3) is 5.91 Å². The molecule has 0 aliphatic heterocycles. The summed E-state index contributed by atoms with van der Waals surface area (Å²) in [5.74, 6) is 1.26. The maximum Gasteiger partial charge on any atom is 0.251 e. The molecule has 0 radical (unpaired) electrons. The predicted molar refractivity (Wildman–Crippen MR) is 89.4 cm³/mol. The van der Waals surface area contributed by atoms with E-state index in [9.17, 15) is 4.79 Å². The second-order valence-electron chi connectivity index (χ2n) is 5.78. The number of nitrogens with one attached hydrogen (secondary N) is 1. The van der Waals surface area contributed by atoms with Crippen molar-refractivity contribution in [2.75, 3.05) is 6.61 Å². The van der Waals surface area contributed by atoms with Gasteiger partial charge in [-0.1, -0.05) is 44.2 Å². The molecule has 116 valence electrons. The molecule has 0 spiro atoms. The molecule has 0 fully saturated rings. The fourth-order valence-corrected chi connectivity index (χ4v) is 2.11. The van der Waals surface area contributed by atoms with Crippen LogP contribution in [0.15, 0.2) is 54.6 Å². The van der Waals surface area contributed by atoms with E-state index in [1.54, 1.807) is 12.1 Å². The Labute approximate surface area is 132 Å². The first kappa shape index (κ1) is 16.1. The van der Waals surface area contributed by atoms with Gasteiger partial charge in [-0.2, -0.15) is 0 Å². The van der Waals surface area contributed by atoms with E-state index in [0.717, 1.165) is 5.75 Å². The molecule has 1 atom stereocenters. The third-order valence-corrected chi connectivity index (χ3v) is 3.46. The predicted octanol–water partition coefficient (Wildman–Crippen LogP) is 4.01. The van der Waals surface area contributed by atoms with Crippen LogP contribution in [0.1, 0.15) is 42.6 Å². The van der Waals surface area contributed by atoms with Crippen LogP contribution in [0, 0.1) is 0 Å². The zero-order valence-electron chi connectivity index (χ0n) is 13.4. The van der Waals surface area contributed by atoms with Crippen LogP contribution in [-0.4, -0.2) is 18.6 Å². The molecule has 2 rings (SSSR count). The van der Waals surface area contributed by atoms with Crippen molar-refractivity contribution in [3.63, 3.8) is 0 Å². The first-order chi connectivity index (χ1) is 10.6. The molecule has 0 aliphatic rings. The summed E-state index contributed by atoms with van der Waals surface area (Å²) < 4.78 is 5.72. The minimum absolute atomic E-state index is 0.0579. The molecule has 0 bridgehead atoms. The van der Waals surface area contributed by atoms with E-state index in [1.807, 2.05) is 37.3 Å². The number of amides is 1. The molecule has 0 aromatic heterocycles. The summed E-state index contributed by atoms with van der Waals surface area (Å²) in [4.78, 5) is 12.0. The van der Waals surface area contributed by atoms with Crippen LogP contribution in [0.4, 0.5) is 0 Å². The van der Waals surface area contributed by atoms with E-state index in [0.29, 0.717) is 18.1 Å². The Morgan fingerprint density at radius 2 is 1.64 bits per heavy atom. The van der Waals surface area contributed by atoms with Gasteiger partial charge in [-0.3, -0.25) is 4.79 Å². The van der Waals surface area contributed by atoms with Crippen molar-refractivity contribution in [3.8, 4) is 5.75 Å². The third kappa shape index (κ3) is 4.62. The van der Waals surface area contributed by atoms with Crippen molar-refractivity contribution >= 4 is 5.91 Å². The van der Waals surface area contributed by atoms with E-state index in [1.165, 1.54) is 5.56 Å². The Morgan fingerprint density at radius 1 is 1.00 bits per heavy atom. The number of carbonyl (C=O) groups is 1. The van der Waals surface area contributed by atoms with E-state index >= 15 is 0 Å². The highest BCUT2D eigenvalue weighted by molar-refractivity contribution is 5.94. The van der Waals surface area contributed by atoms with E-state index in [2.05, 4.69) is 31.3 Å². The van der Waals surface area contributed by atoms with Gasteiger partial charge in [-0.05, 0) is 42.7 Å². The summed E-state index contributed by atoms with van der Waals surface area (Å²) in [6.45, 7) is 6.71. The average Bonchev–Trinajstić information content (AvgIpc) is 2.54. The summed E-state index contributed by atoms with van der Waals surface area (Å²) in [5.41, 5.74) is 1.95. The Bertz CT molecular complexity index is 591. The van der Waals surface area contributed by atoms with E-state index in [4.69, 9.17) is 4.74 Å². The first-order valence-electron chi connectivity index (χ1n) is 7.65. The number of carbonyl (C=O) groups excluding carboxylic acids is 1. The molecular weight excluding hydrogens is 274 g/mol. The first-order valence-corrected chi connectivity index (χ1v) is 7.65. The molecule has 22 heavy (non-hydrogen) atoms. The maximum atomic E-state index is 12.0. The van der Waals surface area contributed by atoms with Gasteiger partial charge >= 0.3 is 0 Å². The zero-order chi connectivity index (χ0) is 15.9. The SMILES string of the molecule is CC(C)c1ccc(OC[C@@H](C)NC(=O)c2ccccc2)cc1. The minimum atomic E-state index is -0.0770. The van der Waals surface area contributed by atoms with Crippen molar-refractivity contribution in [3.05, 3.63) is 65.7 Å². The van der Waals surface area contributed by atoms with E-state index in [-0.39, 0.29) is 11.9 Å². The van der Waals surface area contributed by atoms with Crippen LogP contribution in [0.5, 0.6) is 5.75 Å². The minimum Gasteiger partial charge on any atom is -0.491 e. The lowest BCUT2D eigenvalue weighted by Crippen LogP contribution is -2.36. The van der Waals surface area contributed by atoms with Crippen molar-refractivity contribution in [2.45, 2.75) is 32.7 Å². The number of hydrogen-bond donors (Lipinski definition) is 1. The monoisotopic (exact) mass is 297 g/mol. The van der Waals surface area contributed by atoms with Gasteiger partial charge in [0, 0.05) is 5.56 Å². The van der Waals surface area contributed by atoms with Gasteiger partial charge in [0.15, 0.2) is 0 Å². The molecule has 3 nitrogen and oxygen atoms in total. The molecule has 0 heterocycles. The molecular formula is C19H23NO2. The Morgan fingerprint density at radius 3 is 2.23 bits per heavy atom. The second kappa shape index (κ2) is 7.64. The number of ether oxygens (including phenoxy) is 1. The third-order valence-electron chi connectivity index (χ3n) is 3.46. The second-order valence-corrected chi connectivity index (χ2v) is 5.78. The van der Waals surface area contributed by atoms with Gasteiger partial charge in [-0.25, -0.2) is 0 Å². The summed E-state index contributed by atoms with van der Waals surface area (Å²) in [7, 11) is 0. The van der Waals surface area contributed by atoms with Crippen molar-refractivity contribution in [1.29, 1.82) is 0 Å². The molecule has 0 saturated carbocycles. The quantitative estimate of drug-likeness (QED) is 0.875. The van der Waals surface area contributed by atoms with Crippen LogP contribution < -0.4 is 10.1 Å². The summed E-state index contributed by atoms with van der Waals surface area (Å²) in [6.07, 6.45) is 0. The largest absolute Gasteiger partial charge is 0.491 e. The van der Waals surface area contributed by atoms with Gasteiger partial charge < -0.3 is 10.1 Å². The molecule has 2 aromatic carbocycles. The molecule has 2 aromatic rings. The fourth-order valence-electron chi connectivity index (χ4n) is 2.11. The topological polar surface area (TPSA) is 38.3 Å². The lowest BCUT2D eigenvalue weighted by atomic mass is 10.0. The van der Waals surface area contributed by atoms with Crippen LogP contribution in [0.2, 0.25) is 0 Å². The Hall–Kier alpha value is -2.29. The highest BCUT2D eigenvalue weighted by atomic mass is 16.5. The lowest BCUT2D eigenvalue weighted by Gasteiger charge is -2.15. The standard InChI is InChI=1S/C19H23NO2/c1-14(2)16-9-11-18(12-10-16)22-13-15(3)20-19(21)17-7-5-4-6-8-17/h4-12,14-15H,13H2,1-3H3,(H,20,21)/t15-/m1/s1. The molecule has 1 amide bonds. The van der Waals surface area contributed by atoms with Gasteiger partial charge in [0.2, 0.25) is 0 Å². The van der Waals surface area contributed by atoms with Crippen LogP contribution in [0.25, 0.3) is 0 Å². The van der Waals surface area contributed by atoms with Crippen molar-refractivity contribution in [1.82, 2.24) is 5.32 Å². The smallest absolute Gasteiger partial charge is 0.251 e. The molecule has 1 N–H and O–H groups in total. The molecule has 0 unspecified atom stereocenters. The van der Waals surface area contributed by atoms with Gasteiger partial charge in [0.1, 0.15) is 12.4 Å². The summed E-state index contributed by atoms with van der Waals surface area (Å²) >= 11 is 0. The molecule has 3 heteroatoms. The summed E-state index contributed by atoms with van der Waals surface area (Å²) in [5, 5.41) is 2.93. The Balaban J connectivity index is 1.82. The van der Waals surface area contributed by atoms with Gasteiger partial charge in [-0.15, -0.1) is 0 Å². The average molecular weight is 297 g/mol. The molecule has 0 aliphatic carbocycles. The molecule has 0 saturated heterocycles. The highest BCUT2D eigenvalue weighted by Crippen LogP contribution is 2.18. The maximum absolute atomic E-state index is 12.0. The number of rotatable bonds is 6. The zero-order valence-corrected chi connectivity index (χ0v) is 13.4. The van der Waals surface area contributed by atoms with E-state index < -0.39 is 0 Å². The van der Waals surface area contributed by atoms with Gasteiger partial charge in [0.05, 0.1) is 6.04 Å².